The highest BCUT2D eigenvalue weighted by molar-refractivity contribution is 5.70. The van der Waals surface area contributed by atoms with E-state index in [1.54, 1.807) is 6.92 Å². The average molecular weight is 145 g/mol. The van der Waals surface area contributed by atoms with Gasteiger partial charge in [0.05, 0.1) is 19.3 Å². The molecule has 1 aliphatic rings. The van der Waals surface area contributed by atoms with Gasteiger partial charge in [0.15, 0.2) is 0 Å². The van der Waals surface area contributed by atoms with Crippen LogP contribution in [0.15, 0.2) is 0 Å². The standard InChI is InChI=1S/C6H11NO3/c1-2-10-6(9)7-3-5(7)4-8/h5,8H,2-4H2,1H3/t5-,7?/m0/s1. The van der Waals surface area contributed by atoms with E-state index < -0.39 is 0 Å². The topological polar surface area (TPSA) is 49.5 Å². The van der Waals surface area contributed by atoms with Crippen LogP contribution in [0, 0.1) is 0 Å². The van der Waals surface area contributed by atoms with Gasteiger partial charge in [-0.25, -0.2) is 4.79 Å². The van der Waals surface area contributed by atoms with Gasteiger partial charge >= 0.3 is 6.09 Å². The highest BCUT2D eigenvalue weighted by Crippen LogP contribution is 2.17. The van der Waals surface area contributed by atoms with Crippen LogP contribution in [0.3, 0.4) is 0 Å². The van der Waals surface area contributed by atoms with Crippen molar-refractivity contribution < 1.29 is 14.6 Å². The maximum atomic E-state index is 10.8. The Bertz CT molecular complexity index is 137. The minimum atomic E-state index is -0.318. The summed E-state index contributed by atoms with van der Waals surface area (Å²) in [6, 6.07) is 0.0130. The Kier molecular flexibility index (Phi) is 2.11. The number of hydrogen-bond donors (Lipinski definition) is 1. The van der Waals surface area contributed by atoms with Gasteiger partial charge in [0, 0.05) is 6.54 Å². The fourth-order valence-electron chi connectivity index (χ4n) is 0.766. The fourth-order valence-corrected chi connectivity index (χ4v) is 0.766. The lowest BCUT2D eigenvalue weighted by Gasteiger charge is -2.01. The molecule has 4 nitrogen and oxygen atoms in total. The maximum Gasteiger partial charge on any atom is 0.410 e. The second-order valence-corrected chi connectivity index (χ2v) is 2.19. The molecule has 0 aromatic carbocycles. The van der Waals surface area contributed by atoms with Gasteiger partial charge in [-0.3, -0.25) is 4.90 Å². The van der Waals surface area contributed by atoms with Crippen molar-refractivity contribution in [1.82, 2.24) is 4.90 Å². The lowest BCUT2D eigenvalue weighted by Crippen LogP contribution is -2.16. The Morgan fingerprint density at radius 2 is 2.60 bits per heavy atom. The van der Waals surface area contributed by atoms with Crippen molar-refractivity contribution in [3.05, 3.63) is 0 Å². The molecule has 0 radical (unpaired) electrons. The largest absolute Gasteiger partial charge is 0.450 e. The summed E-state index contributed by atoms with van der Waals surface area (Å²) >= 11 is 0. The summed E-state index contributed by atoms with van der Waals surface area (Å²) in [6.45, 7) is 2.83. The van der Waals surface area contributed by atoms with Crippen LogP contribution in [-0.2, 0) is 4.74 Å². The van der Waals surface area contributed by atoms with Crippen molar-refractivity contribution in [1.29, 1.82) is 0 Å². The van der Waals surface area contributed by atoms with Crippen molar-refractivity contribution >= 4 is 6.09 Å². The first-order valence-electron chi connectivity index (χ1n) is 3.33. The van der Waals surface area contributed by atoms with E-state index in [4.69, 9.17) is 5.11 Å². The SMILES string of the molecule is CCOC(=O)N1C[C@H]1CO. The normalized spacial score (nSPS) is 22.6. The van der Waals surface area contributed by atoms with Gasteiger partial charge in [-0.05, 0) is 6.92 Å². The summed E-state index contributed by atoms with van der Waals surface area (Å²) in [5, 5.41) is 8.54. The Morgan fingerprint density at radius 3 is 3.00 bits per heavy atom. The molecule has 1 N–H and O–H groups in total. The molecule has 1 saturated heterocycles. The smallest absolute Gasteiger partial charge is 0.410 e. The van der Waals surface area contributed by atoms with Gasteiger partial charge in [0.2, 0.25) is 0 Å². The molecule has 0 aliphatic carbocycles. The van der Waals surface area contributed by atoms with E-state index in [9.17, 15) is 4.79 Å². The Labute approximate surface area is 59.4 Å². The Balaban J connectivity index is 2.19. The number of ether oxygens (including phenoxy) is 1. The van der Waals surface area contributed by atoms with E-state index in [0.717, 1.165) is 0 Å². The molecule has 1 rings (SSSR count). The predicted octanol–water partition coefficient (Wildman–Crippen LogP) is -0.181. The summed E-state index contributed by atoms with van der Waals surface area (Å²) in [6.07, 6.45) is -0.318. The lowest BCUT2D eigenvalue weighted by molar-refractivity contribution is 0.131. The number of carbonyl (C=O) groups is 1. The molecule has 0 bridgehead atoms. The molecule has 0 aromatic rings. The van der Waals surface area contributed by atoms with Gasteiger partial charge in [-0.2, -0.15) is 0 Å². The third kappa shape index (κ3) is 1.39. The van der Waals surface area contributed by atoms with Crippen LogP contribution in [0.1, 0.15) is 6.92 Å². The number of nitrogens with zero attached hydrogens (tertiary/aromatic N) is 1. The molecule has 0 unspecified atom stereocenters. The predicted molar refractivity (Wildman–Crippen MR) is 34.6 cm³/mol. The molecule has 1 amide bonds. The van der Waals surface area contributed by atoms with Gasteiger partial charge in [0.25, 0.3) is 0 Å². The molecule has 0 saturated carbocycles. The van der Waals surface area contributed by atoms with Gasteiger partial charge in [-0.1, -0.05) is 0 Å². The van der Waals surface area contributed by atoms with Crippen LogP contribution in [0.2, 0.25) is 0 Å². The zero-order valence-electron chi connectivity index (χ0n) is 5.91. The molecule has 0 spiro atoms. The molecule has 1 fully saturated rings. The number of amides is 1. The van der Waals surface area contributed by atoms with Gasteiger partial charge < -0.3 is 9.84 Å². The van der Waals surface area contributed by atoms with Crippen molar-refractivity contribution in [3.8, 4) is 0 Å². The molecule has 1 atom stereocenters. The molecule has 4 heteroatoms. The van der Waals surface area contributed by atoms with Crippen LogP contribution in [0.25, 0.3) is 0 Å². The summed E-state index contributed by atoms with van der Waals surface area (Å²) in [7, 11) is 0. The lowest BCUT2D eigenvalue weighted by atomic mass is 10.5. The molecule has 58 valence electrons. The van der Waals surface area contributed by atoms with E-state index in [-0.39, 0.29) is 18.7 Å². The number of aliphatic hydroxyl groups is 1. The quantitative estimate of drug-likeness (QED) is 0.548. The molecular weight excluding hydrogens is 134 g/mol. The monoisotopic (exact) mass is 145 g/mol. The van der Waals surface area contributed by atoms with Crippen LogP contribution in [-0.4, -0.2) is 41.9 Å². The second kappa shape index (κ2) is 2.88. The Morgan fingerprint density at radius 1 is 1.90 bits per heavy atom. The summed E-state index contributed by atoms with van der Waals surface area (Å²) < 4.78 is 4.67. The summed E-state index contributed by atoms with van der Waals surface area (Å²) in [5.41, 5.74) is 0. The van der Waals surface area contributed by atoms with E-state index >= 15 is 0 Å². The molecular formula is C6H11NO3. The van der Waals surface area contributed by atoms with Crippen molar-refractivity contribution in [3.63, 3.8) is 0 Å². The van der Waals surface area contributed by atoms with E-state index in [0.29, 0.717) is 13.2 Å². The van der Waals surface area contributed by atoms with Crippen LogP contribution < -0.4 is 0 Å². The molecule has 1 heterocycles. The zero-order valence-corrected chi connectivity index (χ0v) is 5.91. The number of rotatable bonds is 2. The number of aliphatic hydroxyl groups excluding tert-OH is 1. The van der Waals surface area contributed by atoms with E-state index in [1.807, 2.05) is 0 Å². The van der Waals surface area contributed by atoms with Gasteiger partial charge in [-0.15, -0.1) is 0 Å². The van der Waals surface area contributed by atoms with Crippen LogP contribution in [0.5, 0.6) is 0 Å². The van der Waals surface area contributed by atoms with Crippen molar-refractivity contribution in [2.24, 2.45) is 0 Å². The average Bonchev–Trinajstić information content (AvgIpc) is 2.66. The number of hydrogen-bond acceptors (Lipinski definition) is 3. The zero-order chi connectivity index (χ0) is 7.56. The van der Waals surface area contributed by atoms with Crippen molar-refractivity contribution in [2.45, 2.75) is 13.0 Å². The highest BCUT2D eigenvalue weighted by Gasteiger charge is 2.38. The van der Waals surface area contributed by atoms with E-state index in [1.165, 1.54) is 4.90 Å². The summed E-state index contributed by atoms with van der Waals surface area (Å²) in [4.78, 5) is 12.3. The molecule has 10 heavy (non-hydrogen) atoms. The van der Waals surface area contributed by atoms with Gasteiger partial charge in [0.1, 0.15) is 0 Å². The van der Waals surface area contributed by atoms with Crippen LogP contribution >= 0.6 is 0 Å². The third-order valence-corrected chi connectivity index (χ3v) is 1.43. The maximum absolute atomic E-state index is 10.8. The minimum Gasteiger partial charge on any atom is -0.450 e. The van der Waals surface area contributed by atoms with E-state index in [2.05, 4.69) is 4.74 Å². The summed E-state index contributed by atoms with van der Waals surface area (Å²) in [5.74, 6) is 0. The third-order valence-electron chi connectivity index (χ3n) is 1.43. The first kappa shape index (κ1) is 7.34. The highest BCUT2D eigenvalue weighted by atomic mass is 16.6. The number of carbonyl (C=O) groups excluding carboxylic acids is 1. The second-order valence-electron chi connectivity index (χ2n) is 2.19. The first-order valence-corrected chi connectivity index (χ1v) is 3.33. The molecule has 0 aromatic heterocycles. The van der Waals surface area contributed by atoms with Crippen LogP contribution in [0.4, 0.5) is 4.79 Å². The fraction of sp³-hybridized carbons (Fsp3) is 0.833. The first-order chi connectivity index (χ1) is 4.79. The van der Waals surface area contributed by atoms with Crippen molar-refractivity contribution in [2.75, 3.05) is 19.8 Å². The Hall–Kier alpha value is -0.770. The minimum absolute atomic E-state index is 0.0130. The molecule has 1 aliphatic heterocycles.